The maximum atomic E-state index is 13.3. The van der Waals surface area contributed by atoms with E-state index in [-0.39, 0.29) is 18.2 Å². The second-order valence-corrected chi connectivity index (χ2v) is 5.05. The van der Waals surface area contributed by atoms with Crippen LogP contribution in [0.15, 0.2) is 24.3 Å². The van der Waals surface area contributed by atoms with E-state index >= 15 is 0 Å². The Labute approximate surface area is 116 Å². The molecule has 18 heavy (non-hydrogen) atoms. The van der Waals surface area contributed by atoms with E-state index in [0.29, 0.717) is 0 Å². The lowest BCUT2D eigenvalue weighted by atomic mass is 9.89. The summed E-state index contributed by atoms with van der Waals surface area (Å²) in [6.07, 6.45) is 7.71. The number of rotatable bonds is 5. The quantitative estimate of drug-likeness (QED) is 0.800. The van der Waals surface area contributed by atoms with Gasteiger partial charge < -0.3 is 5.32 Å². The topological polar surface area (TPSA) is 12.0 Å². The molecule has 0 spiro atoms. The first-order chi connectivity index (χ1) is 8.36. The smallest absolute Gasteiger partial charge is 0.126 e. The molecule has 3 heteroatoms. The summed E-state index contributed by atoms with van der Waals surface area (Å²) in [5, 5.41) is 3.46. The zero-order valence-corrected chi connectivity index (χ0v) is 11.6. The van der Waals surface area contributed by atoms with Crippen LogP contribution in [0.25, 0.3) is 0 Å². The van der Waals surface area contributed by atoms with Crippen molar-refractivity contribution in [3.05, 3.63) is 35.6 Å². The summed E-state index contributed by atoms with van der Waals surface area (Å²) in [7, 11) is 0. The molecule has 1 aromatic rings. The Morgan fingerprint density at radius 1 is 1.11 bits per heavy atom. The molecular weight excluding hydrogens is 249 g/mol. The zero-order valence-electron chi connectivity index (χ0n) is 10.8. The summed E-state index contributed by atoms with van der Waals surface area (Å²) >= 11 is 0. The Hall–Kier alpha value is -0.600. The van der Waals surface area contributed by atoms with Crippen LogP contribution in [0.4, 0.5) is 4.39 Å². The maximum absolute atomic E-state index is 13.3. The highest BCUT2D eigenvalue weighted by molar-refractivity contribution is 5.85. The molecular formula is C15H23ClFN. The molecule has 0 atom stereocenters. The van der Waals surface area contributed by atoms with Crippen LogP contribution in [0.3, 0.4) is 0 Å². The number of benzene rings is 1. The predicted molar refractivity (Wildman–Crippen MR) is 76.8 cm³/mol. The fraction of sp³-hybridized carbons (Fsp3) is 0.600. The van der Waals surface area contributed by atoms with Crippen molar-refractivity contribution in [3.8, 4) is 0 Å². The SMILES string of the molecule is Cl.Fc1ccccc1CCNCC1CCCCC1. The third kappa shape index (κ3) is 4.95. The number of halogens is 2. The van der Waals surface area contributed by atoms with Crippen molar-refractivity contribution < 1.29 is 4.39 Å². The molecule has 1 aromatic carbocycles. The molecule has 1 aliphatic carbocycles. The molecule has 102 valence electrons. The highest BCUT2D eigenvalue weighted by Crippen LogP contribution is 2.22. The molecule has 0 saturated heterocycles. The molecule has 0 radical (unpaired) electrons. The van der Waals surface area contributed by atoms with Crippen molar-refractivity contribution >= 4 is 12.4 Å². The Balaban J connectivity index is 0.00000162. The third-order valence-electron chi connectivity index (χ3n) is 3.69. The van der Waals surface area contributed by atoms with Gasteiger partial charge in [0.1, 0.15) is 5.82 Å². The van der Waals surface area contributed by atoms with Gasteiger partial charge in [0.25, 0.3) is 0 Å². The molecule has 2 rings (SSSR count). The third-order valence-corrected chi connectivity index (χ3v) is 3.69. The molecule has 0 heterocycles. The van der Waals surface area contributed by atoms with Crippen molar-refractivity contribution in [3.63, 3.8) is 0 Å². The van der Waals surface area contributed by atoms with E-state index in [1.807, 2.05) is 12.1 Å². The van der Waals surface area contributed by atoms with Gasteiger partial charge in [-0.25, -0.2) is 4.39 Å². The molecule has 0 aliphatic heterocycles. The van der Waals surface area contributed by atoms with E-state index < -0.39 is 0 Å². The van der Waals surface area contributed by atoms with Gasteiger partial charge in [0.05, 0.1) is 0 Å². The summed E-state index contributed by atoms with van der Waals surface area (Å²) < 4.78 is 13.3. The number of hydrogen-bond donors (Lipinski definition) is 1. The lowest BCUT2D eigenvalue weighted by Crippen LogP contribution is -2.26. The van der Waals surface area contributed by atoms with Gasteiger partial charge in [-0.3, -0.25) is 0 Å². The standard InChI is InChI=1S/C15H22FN.ClH/c16-15-9-5-4-8-14(15)10-11-17-12-13-6-2-1-3-7-13;/h4-5,8-9,13,17H,1-3,6-7,10-12H2;1H. The van der Waals surface area contributed by atoms with Crippen LogP contribution in [0, 0.1) is 11.7 Å². The van der Waals surface area contributed by atoms with E-state index in [0.717, 1.165) is 31.0 Å². The molecule has 0 unspecified atom stereocenters. The largest absolute Gasteiger partial charge is 0.316 e. The fourth-order valence-electron chi connectivity index (χ4n) is 2.62. The monoisotopic (exact) mass is 271 g/mol. The van der Waals surface area contributed by atoms with Crippen LogP contribution in [0.1, 0.15) is 37.7 Å². The summed E-state index contributed by atoms with van der Waals surface area (Å²) in [4.78, 5) is 0. The van der Waals surface area contributed by atoms with E-state index in [1.165, 1.54) is 38.2 Å². The van der Waals surface area contributed by atoms with Crippen LogP contribution >= 0.6 is 12.4 Å². The summed E-state index contributed by atoms with van der Waals surface area (Å²) in [6, 6.07) is 7.06. The molecule has 1 aliphatic rings. The molecule has 0 amide bonds. The van der Waals surface area contributed by atoms with Gasteiger partial charge in [-0.2, -0.15) is 0 Å². The first kappa shape index (κ1) is 15.5. The van der Waals surface area contributed by atoms with Crippen molar-refractivity contribution in [1.82, 2.24) is 5.32 Å². The Bertz CT molecular complexity index is 337. The minimum atomic E-state index is -0.0769. The minimum Gasteiger partial charge on any atom is -0.316 e. The molecule has 1 fully saturated rings. The highest BCUT2D eigenvalue weighted by Gasteiger charge is 2.12. The molecule has 1 saturated carbocycles. The van der Waals surface area contributed by atoms with Crippen molar-refractivity contribution in [2.24, 2.45) is 5.92 Å². The number of hydrogen-bond acceptors (Lipinski definition) is 1. The van der Waals surface area contributed by atoms with Crippen LogP contribution in [-0.4, -0.2) is 13.1 Å². The first-order valence-corrected chi connectivity index (χ1v) is 6.80. The minimum absolute atomic E-state index is 0. The van der Waals surface area contributed by atoms with E-state index in [2.05, 4.69) is 5.32 Å². The Morgan fingerprint density at radius 3 is 2.56 bits per heavy atom. The second-order valence-electron chi connectivity index (χ2n) is 5.05. The van der Waals surface area contributed by atoms with Crippen LogP contribution in [0.2, 0.25) is 0 Å². The van der Waals surface area contributed by atoms with E-state index in [4.69, 9.17) is 0 Å². The van der Waals surface area contributed by atoms with Gasteiger partial charge in [0, 0.05) is 0 Å². The van der Waals surface area contributed by atoms with E-state index in [1.54, 1.807) is 6.07 Å². The summed E-state index contributed by atoms with van der Waals surface area (Å²) in [5.74, 6) is 0.774. The average Bonchev–Trinajstić information content (AvgIpc) is 2.38. The highest BCUT2D eigenvalue weighted by atomic mass is 35.5. The average molecular weight is 272 g/mol. The summed E-state index contributed by atoms with van der Waals surface area (Å²) in [5.41, 5.74) is 0.823. The van der Waals surface area contributed by atoms with Crippen LogP contribution in [0.5, 0.6) is 0 Å². The normalized spacial score (nSPS) is 16.3. The Morgan fingerprint density at radius 2 is 1.83 bits per heavy atom. The van der Waals surface area contributed by atoms with Crippen LogP contribution < -0.4 is 5.32 Å². The van der Waals surface area contributed by atoms with Crippen molar-refractivity contribution in [1.29, 1.82) is 0 Å². The van der Waals surface area contributed by atoms with Gasteiger partial charge in [-0.05, 0) is 49.9 Å². The van der Waals surface area contributed by atoms with Crippen molar-refractivity contribution in [2.75, 3.05) is 13.1 Å². The van der Waals surface area contributed by atoms with Gasteiger partial charge in [-0.15, -0.1) is 12.4 Å². The van der Waals surface area contributed by atoms with Crippen molar-refractivity contribution in [2.45, 2.75) is 38.5 Å². The van der Waals surface area contributed by atoms with E-state index in [9.17, 15) is 4.39 Å². The Kier molecular flexibility index (Phi) is 7.29. The van der Waals surface area contributed by atoms with Gasteiger partial charge in [0.15, 0.2) is 0 Å². The molecule has 0 bridgehead atoms. The second kappa shape index (κ2) is 8.49. The lowest BCUT2D eigenvalue weighted by Gasteiger charge is -2.21. The fourth-order valence-corrected chi connectivity index (χ4v) is 2.62. The molecule has 0 aromatic heterocycles. The lowest BCUT2D eigenvalue weighted by molar-refractivity contribution is 0.343. The summed E-state index contributed by atoms with van der Waals surface area (Å²) in [6.45, 7) is 1.99. The van der Waals surface area contributed by atoms with Gasteiger partial charge in [0.2, 0.25) is 0 Å². The molecule has 1 nitrogen and oxygen atoms in total. The van der Waals surface area contributed by atoms with Crippen LogP contribution in [-0.2, 0) is 6.42 Å². The maximum Gasteiger partial charge on any atom is 0.126 e. The number of nitrogens with one attached hydrogen (secondary N) is 1. The zero-order chi connectivity index (χ0) is 11.9. The van der Waals surface area contributed by atoms with Gasteiger partial charge >= 0.3 is 0 Å². The predicted octanol–water partition coefficient (Wildman–Crippen LogP) is 3.96. The van der Waals surface area contributed by atoms with Gasteiger partial charge in [-0.1, -0.05) is 37.5 Å². The molecule has 1 N–H and O–H groups in total. The first-order valence-electron chi connectivity index (χ1n) is 6.80.